The molecule has 0 aliphatic carbocycles. The molecule has 0 aliphatic rings. The van der Waals surface area contributed by atoms with E-state index in [0.717, 1.165) is 0 Å². The van der Waals surface area contributed by atoms with Gasteiger partial charge in [0.15, 0.2) is 29.6 Å². The Morgan fingerprint density at radius 1 is 1.05 bits per heavy atom. The van der Waals surface area contributed by atoms with Crippen molar-refractivity contribution in [1.29, 1.82) is 0 Å². The fraction of sp³-hybridized carbons (Fsp3) is 0.200. The van der Waals surface area contributed by atoms with Crippen molar-refractivity contribution in [2.24, 2.45) is 5.73 Å². The van der Waals surface area contributed by atoms with E-state index in [4.69, 9.17) is 10.8 Å². The van der Waals surface area contributed by atoms with Crippen LogP contribution < -0.4 is 5.73 Å². The molecule has 0 spiro atoms. The van der Waals surface area contributed by atoms with Crippen LogP contribution in [-0.4, -0.2) is 23.4 Å². The monoisotopic (exact) mass is 285 g/mol. The molecule has 9 heteroatoms. The molecule has 0 saturated heterocycles. The molecule has 0 fully saturated rings. The summed E-state index contributed by atoms with van der Waals surface area (Å²) in [5, 5.41) is 7.87. The summed E-state index contributed by atoms with van der Waals surface area (Å²) in [5.41, 5.74) is 3.37. The largest absolute Gasteiger partial charge is 0.480 e. The summed E-state index contributed by atoms with van der Waals surface area (Å²) >= 11 is 0. The van der Waals surface area contributed by atoms with Crippen molar-refractivity contribution in [3.05, 3.63) is 34.6 Å². The van der Waals surface area contributed by atoms with Crippen LogP contribution in [0.25, 0.3) is 0 Å². The highest BCUT2D eigenvalue weighted by Gasteiger charge is 2.24. The topological polar surface area (TPSA) is 80.4 Å². The molecule has 0 amide bonds. The summed E-state index contributed by atoms with van der Waals surface area (Å²) in [4.78, 5) is 19.5. The summed E-state index contributed by atoms with van der Waals surface area (Å²) in [6.45, 7) is 1.42. The lowest BCUT2D eigenvalue weighted by Crippen LogP contribution is -2.25. The lowest BCUT2D eigenvalue weighted by molar-refractivity contribution is -0.138. The van der Waals surface area contributed by atoms with Crippen molar-refractivity contribution in [3.8, 4) is 0 Å². The van der Waals surface area contributed by atoms with Crippen LogP contribution in [-0.2, 0) is 4.79 Å². The van der Waals surface area contributed by atoms with Gasteiger partial charge in [-0.15, -0.1) is 0 Å². The number of halogens is 5. The van der Waals surface area contributed by atoms with Crippen molar-refractivity contribution in [1.82, 2.24) is 0 Å². The van der Waals surface area contributed by atoms with Crippen LogP contribution in [0.4, 0.5) is 22.0 Å². The minimum absolute atomic E-state index is 0.434. The van der Waals surface area contributed by atoms with E-state index in [9.17, 15) is 31.5 Å². The average Bonchev–Trinajstić information content (AvgIpc) is 2.35. The van der Waals surface area contributed by atoms with Crippen LogP contribution in [0, 0.1) is 29.1 Å². The van der Waals surface area contributed by atoms with Gasteiger partial charge < -0.3 is 10.8 Å². The molecule has 0 radical (unpaired) electrons. The van der Waals surface area contributed by atoms with E-state index in [-0.39, 0.29) is 0 Å². The Kier molecular flexibility index (Phi) is 6.06. The van der Waals surface area contributed by atoms with Crippen molar-refractivity contribution in [3.63, 3.8) is 0 Å². The molecule has 1 atom stereocenters. The number of aldehydes is 1. The van der Waals surface area contributed by atoms with Crippen molar-refractivity contribution in [2.45, 2.75) is 13.0 Å². The van der Waals surface area contributed by atoms with E-state index < -0.39 is 52.9 Å². The van der Waals surface area contributed by atoms with Gasteiger partial charge >= 0.3 is 5.97 Å². The highest BCUT2D eigenvalue weighted by atomic mass is 19.2. The summed E-state index contributed by atoms with van der Waals surface area (Å²) in [6, 6.07) is -0.731. The molecule has 19 heavy (non-hydrogen) atoms. The van der Waals surface area contributed by atoms with E-state index >= 15 is 0 Å². The van der Waals surface area contributed by atoms with Crippen molar-refractivity contribution >= 4 is 12.3 Å². The van der Waals surface area contributed by atoms with Crippen molar-refractivity contribution < 1.29 is 36.6 Å². The molecule has 0 unspecified atom stereocenters. The fourth-order valence-electron chi connectivity index (χ4n) is 0.725. The Balaban J connectivity index is 0.000000459. The quantitative estimate of drug-likeness (QED) is 0.374. The predicted molar refractivity (Wildman–Crippen MR) is 52.9 cm³/mol. The molecule has 4 nitrogen and oxygen atoms in total. The van der Waals surface area contributed by atoms with Gasteiger partial charge in [-0.1, -0.05) is 0 Å². The maximum absolute atomic E-state index is 12.5. The maximum atomic E-state index is 12.5. The van der Waals surface area contributed by atoms with Gasteiger partial charge in [-0.3, -0.25) is 9.59 Å². The number of hydrogen-bond donors (Lipinski definition) is 2. The molecule has 1 aromatic rings. The molecule has 0 aliphatic heterocycles. The number of carboxylic acid groups (broad SMARTS) is 1. The molecule has 1 rings (SSSR count). The number of rotatable bonds is 2. The number of carbonyl (C=O) groups excluding carboxylic acids is 1. The normalized spacial score (nSPS) is 11.3. The molecule has 0 bridgehead atoms. The van der Waals surface area contributed by atoms with E-state index in [1.165, 1.54) is 6.92 Å². The summed E-state index contributed by atoms with van der Waals surface area (Å²) < 4.78 is 61.7. The number of aliphatic carboxylic acids is 1. The summed E-state index contributed by atoms with van der Waals surface area (Å²) in [7, 11) is 0. The number of nitrogens with two attached hydrogens (primary N) is 1. The third kappa shape index (κ3) is 3.98. The summed E-state index contributed by atoms with van der Waals surface area (Å²) in [6.07, 6.45) is -0.434. The Morgan fingerprint density at radius 3 is 1.53 bits per heavy atom. The zero-order valence-electron chi connectivity index (χ0n) is 9.39. The smallest absolute Gasteiger partial charge is 0.320 e. The Labute approximate surface area is 103 Å². The van der Waals surface area contributed by atoms with Gasteiger partial charge in [-0.25, -0.2) is 22.0 Å². The van der Waals surface area contributed by atoms with Crippen LogP contribution in [0.2, 0.25) is 0 Å². The summed E-state index contributed by atoms with van der Waals surface area (Å²) in [5.74, 6) is -11.7. The molecular weight excluding hydrogens is 277 g/mol. The SMILES string of the molecule is C[C@H](N)C(=O)O.O=Cc1c(F)c(F)c(F)c(F)c1F. The van der Waals surface area contributed by atoms with Gasteiger partial charge in [-0.05, 0) is 6.92 Å². The van der Waals surface area contributed by atoms with Crippen molar-refractivity contribution in [2.75, 3.05) is 0 Å². The van der Waals surface area contributed by atoms with E-state index in [2.05, 4.69) is 0 Å². The Hall–Kier alpha value is -2.03. The van der Waals surface area contributed by atoms with Crippen LogP contribution in [0.1, 0.15) is 17.3 Å². The van der Waals surface area contributed by atoms with Crippen LogP contribution in [0.5, 0.6) is 0 Å². The van der Waals surface area contributed by atoms with Gasteiger partial charge in [0.05, 0.1) is 5.56 Å². The number of carbonyl (C=O) groups is 2. The molecule has 1 aromatic carbocycles. The van der Waals surface area contributed by atoms with E-state index in [0.29, 0.717) is 0 Å². The van der Waals surface area contributed by atoms with Crippen LogP contribution in [0.3, 0.4) is 0 Å². The molecule has 106 valence electrons. The highest BCUT2D eigenvalue weighted by Crippen LogP contribution is 2.21. The average molecular weight is 285 g/mol. The van der Waals surface area contributed by atoms with E-state index in [1.807, 2.05) is 0 Å². The third-order valence-electron chi connectivity index (χ3n) is 1.75. The Morgan fingerprint density at radius 2 is 1.32 bits per heavy atom. The first kappa shape index (κ1) is 17.0. The zero-order chi connectivity index (χ0) is 15.3. The lowest BCUT2D eigenvalue weighted by Gasteiger charge is -2.01. The molecule has 3 N–H and O–H groups in total. The zero-order valence-corrected chi connectivity index (χ0v) is 9.39. The van der Waals surface area contributed by atoms with Gasteiger partial charge in [0.2, 0.25) is 5.82 Å². The minimum Gasteiger partial charge on any atom is -0.480 e. The Bertz CT molecular complexity index is 475. The number of carboxylic acids is 1. The van der Waals surface area contributed by atoms with E-state index in [1.54, 1.807) is 0 Å². The minimum atomic E-state index is -2.28. The highest BCUT2D eigenvalue weighted by molar-refractivity contribution is 5.75. The predicted octanol–water partition coefficient (Wildman–Crippen LogP) is 1.61. The number of hydrogen-bond acceptors (Lipinski definition) is 3. The maximum Gasteiger partial charge on any atom is 0.320 e. The van der Waals surface area contributed by atoms with Gasteiger partial charge in [-0.2, -0.15) is 0 Å². The first-order chi connectivity index (χ1) is 8.64. The first-order valence-electron chi connectivity index (χ1n) is 4.60. The van der Waals surface area contributed by atoms with Crippen LogP contribution in [0.15, 0.2) is 0 Å². The molecular formula is C10H8F5NO3. The second kappa shape index (κ2) is 6.78. The second-order valence-electron chi connectivity index (χ2n) is 3.23. The molecule has 0 heterocycles. The molecule has 0 saturated carbocycles. The van der Waals surface area contributed by atoms with Crippen LogP contribution >= 0.6 is 0 Å². The fourth-order valence-corrected chi connectivity index (χ4v) is 0.725. The first-order valence-corrected chi connectivity index (χ1v) is 4.60. The third-order valence-corrected chi connectivity index (χ3v) is 1.75. The lowest BCUT2D eigenvalue weighted by atomic mass is 10.2. The second-order valence-corrected chi connectivity index (χ2v) is 3.23. The van der Waals surface area contributed by atoms with Gasteiger partial charge in [0.25, 0.3) is 0 Å². The number of benzene rings is 1. The standard InChI is InChI=1S/C7HF5O.C3H7NO2/c8-3-2(1-13)4(9)6(11)7(12)5(3)10;1-2(4)3(5)6/h1H;2H,4H2,1H3,(H,5,6)/t;2-/m.0/s1. The van der Waals surface area contributed by atoms with Gasteiger partial charge in [0, 0.05) is 0 Å². The molecule has 0 aromatic heterocycles. The van der Waals surface area contributed by atoms with Gasteiger partial charge in [0.1, 0.15) is 6.04 Å².